The number of carbonyl (C=O) groups excluding carboxylic acids is 2. The van der Waals surface area contributed by atoms with Crippen molar-refractivity contribution in [2.24, 2.45) is 5.41 Å². The molecule has 2 amide bonds. The zero-order valence-electron chi connectivity index (χ0n) is 21.7. The van der Waals surface area contributed by atoms with E-state index in [1.807, 2.05) is 20.8 Å². The molecule has 3 heterocycles. The number of anilines is 1. The van der Waals surface area contributed by atoms with E-state index in [-0.39, 0.29) is 21.4 Å². The van der Waals surface area contributed by atoms with Crippen molar-refractivity contribution in [2.75, 3.05) is 11.9 Å². The Labute approximate surface area is 235 Å². The van der Waals surface area contributed by atoms with Gasteiger partial charge in [-0.2, -0.15) is 0 Å². The molecule has 1 saturated heterocycles. The summed E-state index contributed by atoms with van der Waals surface area (Å²) in [6, 6.07) is 5.34. The van der Waals surface area contributed by atoms with Gasteiger partial charge in [0.25, 0.3) is 0 Å². The van der Waals surface area contributed by atoms with E-state index >= 15 is 0 Å². The number of hydrogen-bond donors (Lipinski definition) is 4. The van der Waals surface area contributed by atoms with E-state index in [0.717, 1.165) is 5.82 Å². The van der Waals surface area contributed by atoms with Crippen LogP contribution >= 0.6 is 23.2 Å². The van der Waals surface area contributed by atoms with Crippen molar-refractivity contribution in [1.29, 1.82) is 0 Å². The van der Waals surface area contributed by atoms with Crippen molar-refractivity contribution in [3.63, 3.8) is 0 Å². The Morgan fingerprint density at radius 1 is 1.13 bits per heavy atom. The van der Waals surface area contributed by atoms with E-state index in [9.17, 15) is 18.4 Å². The molecule has 0 radical (unpaired) electrons. The van der Waals surface area contributed by atoms with Crippen molar-refractivity contribution in [3.8, 4) is 0 Å². The van der Waals surface area contributed by atoms with Crippen molar-refractivity contribution in [2.45, 2.75) is 57.0 Å². The van der Waals surface area contributed by atoms with E-state index in [1.165, 1.54) is 30.3 Å². The number of aromatic amines is 1. The molecule has 206 valence electrons. The van der Waals surface area contributed by atoms with Crippen molar-refractivity contribution in [3.05, 3.63) is 81.4 Å². The second-order valence-corrected chi connectivity index (χ2v) is 12.1. The second-order valence-electron chi connectivity index (χ2n) is 11.3. The molecule has 0 bridgehead atoms. The van der Waals surface area contributed by atoms with Gasteiger partial charge < -0.3 is 20.9 Å². The Hall–Kier alpha value is -3.01. The Morgan fingerprint density at radius 3 is 2.54 bits per heavy atom. The van der Waals surface area contributed by atoms with Crippen LogP contribution in [0.2, 0.25) is 10.0 Å². The molecule has 39 heavy (non-hydrogen) atoms. The van der Waals surface area contributed by atoms with Crippen LogP contribution in [0, 0.1) is 17.0 Å². The Morgan fingerprint density at radius 2 is 1.87 bits per heavy atom. The van der Waals surface area contributed by atoms with Gasteiger partial charge in [0.15, 0.2) is 0 Å². The van der Waals surface area contributed by atoms with E-state index in [0.29, 0.717) is 36.2 Å². The molecule has 2 aliphatic rings. The summed E-state index contributed by atoms with van der Waals surface area (Å²) in [5.41, 5.74) is -0.418. The number of nitrogens with one attached hydrogen (secondary N) is 4. The summed E-state index contributed by atoms with van der Waals surface area (Å²) in [5.74, 6) is -2.16. The maximum absolute atomic E-state index is 15.0. The van der Waals surface area contributed by atoms with Crippen LogP contribution in [0.4, 0.5) is 14.5 Å². The summed E-state index contributed by atoms with van der Waals surface area (Å²) in [6.07, 6.45) is 4.28. The first kappa shape index (κ1) is 27.6. The molecular weight excluding hydrogens is 547 g/mol. The van der Waals surface area contributed by atoms with Gasteiger partial charge in [-0.25, -0.2) is 13.8 Å². The highest BCUT2D eigenvalue weighted by atomic mass is 35.5. The third-order valence-corrected chi connectivity index (χ3v) is 8.08. The summed E-state index contributed by atoms with van der Waals surface area (Å²) in [7, 11) is 0. The van der Waals surface area contributed by atoms with Gasteiger partial charge in [0, 0.05) is 43.0 Å². The van der Waals surface area contributed by atoms with Crippen molar-refractivity contribution in [1.82, 2.24) is 20.6 Å². The molecule has 4 N–H and O–H groups in total. The van der Waals surface area contributed by atoms with Gasteiger partial charge in [0.05, 0.1) is 16.1 Å². The number of H-pyrrole nitrogens is 1. The zero-order chi connectivity index (χ0) is 28.1. The monoisotopic (exact) mass is 575 g/mol. The Balaban J connectivity index is 1.65. The predicted octanol–water partition coefficient (Wildman–Crippen LogP) is 5.10. The van der Waals surface area contributed by atoms with E-state index in [1.54, 1.807) is 12.4 Å². The van der Waals surface area contributed by atoms with Crippen molar-refractivity contribution < 1.29 is 18.4 Å². The number of nitrogens with zero attached hydrogens (tertiary/aromatic N) is 1. The van der Waals surface area contributed by atoms with Gasteiger partial charge in [0.2, 0.25) is 11.8 Å². The van der Waals surface area contributed by atoms with Crippen LogP contribution in [0.25, 0.3) is 0 Å². The molecule has 1 spiro atoms. The first-order chi connectivity index (χ1) is 18.4. The predicted molar refractivity (Wildman–Crippen MR) is 146 cm³/mol. The van der Waals surface area contributed by atoms with Crippen molar-refractivity contribution >= 4 is 40.7 Å². The van der Waals surface area contributed by atoms with E-state index in [4.69, 9.17) is 23.2 Å². The van der Waals surface area contributed by atoms with E-state index < -0.39 is 41.0 Å². The number of rotatable bonds is 6. The molecule has 0 unspecified atom stereocenters. The van der Waals surface area contributed by atoms with Crippen LogP contribution < -0.4 is 16.0 Å². The molecule has 7 nitrogen and oxygen atoms in total. The first-order valence-corrected chi connectivity index (χ1v) is 13.5. The van der Waals surface area contributed by atoms with Crippen LogP contribution in [-0.4, -0.2) is 40.4 Å². The van der Waals surface area contributed by atoms with Crippen LogP contribution in [0.15, 0.2) is 42.7 Å². The molecule has 2 aromatic carbocycles. The molecule has 1 aromatic heterocycles. The number of imidazole rings is 1. The number of halogens is 4. The third kappa shape index (κ3) is 4.92. The summed E-state index contributed by atoms with van der Waals surface area (Å²) < 4.78 is 29.2. The quantitative estimate of drug-likeness (QED) is 0.328. The second kappa shape index (κ2) is 10.2. The molecule has 0 aliphatic carbocycles. The zero-order valence-corrected chi connectivity index (χ0v) is 23.2. The highest BCUT2D eigenvalue weighted by Crippen LogP contribution is 2.57. The highest BCUT2D eigenvalue weighted by molar-refractivity contribution is 6.31. The van der Waals surface area contributed by atoms with Crippen LogP contribution in [0.3, 0.4) is 0 Å². The number of aromatic nitrogens is 2. The Bertz CT molecular complexity index is 1430. The maximum Gasteiger partial charge on any atom is 0.237 e. The summed E-state index contributed by atoms with van der Waals surface area (Å²) in [6.45, 7) is 6.38. The lowest BCUT2D eigenvalue weighted by atomic mass is 9.62. The topological polar surface area (TPSA) is 98.9 Å². The summed E-state index contributed by atoms with van der Waals surface area (Å²) in [4.78, 5) is 35.0. The fraction of sp³-hybridized carbons (Fsp3) is 0.393. The lowest BCUT2D eigenvalue weighted by molar-refractivity contribution is -0.123. The fourth-order valence-corrected chi connectivity index (χ4v) is 6.34. The molecule has 5 rings (SSSR count). The van der Waals surface area contributed by atoms with Gasteiger partial charge in [-0.05, 0) is 47.2 Å². The number of fused-ring (bicyclic) bond motifs is 2. The minimum absolute atomic E-state index is 0.127. The average molecular weight is 576 g/mol. The molecule has 2 aliphatic heterocycles. The van der Waals surface area contributed by atoms with E-state index in [2.05, 4.69) is 25.9 Å². The fourth-order valence-electron chi connectivity index (χ4n) is 5.99. The van der Waals surface area contributed by atoms with Crippen LogP contribution in [0.5, 0.6) is 0 Å². The smallest absolute Gasteiger partial charge is 0.237 e. The van der Waals surface area contributed by atoms with Gasteiger partial charge in [-0.3, -0.25) is 9.59 Å². The lowest BCUT2D eigenvalue weighted by Gasteiger charge is -2.37. The first-order valence-electron chi connectivity index (χ1n) is 12.7. The standard InChI is InChI=1S/C28H29Cl2F2N5O2/c1-27(2,3)13-21-28(15-11-19(32)17(30)12-20(15)36-26(28)39)23(14-4-5-18(31)16(29)10-14)24(37-21)25(38)35-7-6-22-33-8-9-34-22/h4-5,8-12,21,23-24,37H,6-7,13H2,1-3H3,(H,33,34)(H,35,38)(H,36,39)/t21-,23+,24-,28+/m1/s1. The molecule has 4 atom stereocenters. The van der Waals surface area contributed by atoms with Crippen LogP contribution in [0.1, 0.15) is 50.1 Å². The molecule has 11 heteroatoms. The largest absolute Gasteiger partial charge is 0.354 e. The number of amides is 2. The molecule has 3 aromatic rings. The van der Waals surface area contributed by atoms with Gasteiger partial charge >= 0.3 is 0 Å². The van der Waals surface area contributed by atoms with Gasteiger partial charge in [-0.15, -0.1) is 0 Å². The molecular formula is C28H29Cl2F2N5O2. The highest BCUT2D eigenvalue weighted by Gasteiger charge is 2.65. The minimum Gasteiger partial charge on any atom is -0.354 e. The molecule has 0 saturated carbocycles. The number of hydrogen-bond acceptors (Lipinski definition) is 4. The van der Waals surface area contributed by atoms with Gasteiger partial charge in [-0.1, -0.05) is 50.0 Å². The lowest BCUT2D eigenvalue weighted by Crippen LogP contribution is -2.49. The number of carbonyl (C=O) groups is 2. The van der Waals surface area contributed by atoms with Gasteiger partial charge in [0.1, 0.15) is 22.9 Å². The summed E-state index contributed by atoms with van der Waals surface area (Å²) >= 11 is 12.3. The van der Waals surface area contributed by atoms with Crippen LogP contribution in [-0.2, 0) is 21.4 Å². The average Bonchev–Trinajstić information content (AvgIpc) is 3.55. The third-order valence-electron chi connectivity index (χ3n) is 7.50. The normalized spacial score (nSPS) is 24.2. The SMILES string of the molecule is CC(C)(C)C[C@H]1N[C@@H](C(=O)NCCc2ncc[nH]2)[C@H](c2ccc(F)c(Cl)c2)[C@@]12C(=O)Nc1cc(Cl)c(F)cc12. The number of benzene rings is 2. The molecule has 1 fully saturated rings. The minimum atomic E-state index is -1.40. The summed E-state index contributed by atoms with van der Waals surface area (Å²) in [5, 5.41) is 8.98. The maximum atomic E-state index is 15.0. The Kier molecular flexibility index (Phi) is 7.20.